The molecule has 0 saturated carbocycles. The second-order valence-corrected chi connectivity index (χ2v) is 6.28. The SMILES string of the molecule is COc1ccc(CCN2C(=O)C(Cl)=C(c3ccc(F)cc3)C2=O)cc1OC. The van der Waals surface area contributed by atoms with E-state index in [9.17, 15) is 14.0 Å². The number of ether oxygens (including phenoxy) is 2. The molecule has 1 heterocycles. The van der Waals surface area contributed by atoms with Crippen LogP contribution in [0.2, 0.25) is 0 Å². The first-order valence-corrected chi connectivity index (χ1v) is 8.57. The molecule has 7 heteroatoms. The van der Waals surface area contributed by atoms with Crippen LogP contribution in [0.5, 0.6) is 11.5 Å². The number of hydrogen-bond donors (Lipinski definition) is 0. The predicted octanol–water partition coefficient (Wildman–Crippen LogP) is 3.40. The molecule has 0 bridgehead atoms. The molecule has 0 unspecified atom stereocenters. The maximum absolute atomic E-state index is 13.1. The molecule has 1 aliphatic rings. The van der Waals surface area contributed by atoms with E-state index in [4.69, 9.17) is 21.1 Å². The van der Waals surface area contributed by atoms with Crippen LogP contribution in [0.25, 0.3) is 5.57 Å². The zero-order valence-electron chi connectivity index (χ0n) is 14.8. The average Bonchev–Trinajstić information content (AvgIpc) is 2.89. The monoisotopic (exact) mass is 389 g/mol. The number of amides is 2. The first-order valence-electron chi connectivity index (χ1n) is 8.19. The van der Waals surface area contributed by atoms with Crippen molar-refractivity contribution in [2.75, 3.05) is 20.8 Å². The third-order valence-electron chi connectivity index (χ3n) is 4.32. The molecule has 2 amide bonds. The Bertz CT molecular complexity index is 924. The van der Waals surface area contributed by atoms with Crippen LogP contribution in [0.4, 0.5) is 4.39 Å². The first-order chi connectivity index (χ1) is 13.0. The quantitative estimate of drug-likeness (QED) is 0.710. The number of carbonyl (C=O) groups is 2. The molecule has 140 valence electrons. The van der Waals surface area contributed by atoms with Crippen molar-refractivity contribution in [2.24, 2.45) is 0 Å². The van der Waals surface area contributed by atoms with Crippen LogP contribution < -0.4 is 9.47 Å². The molecular formula is C20H17ClFNO4. The van der Waals surface area contributed by atoms with Gasteiger partial charge in [0.15, 0.2) is 11.5 Å². The minimum absolute atomic E-state index is 0.0916. The largest absolute Gasteiger partial charge is 0.493 e. The molecule has 0 aliphatic carbocycles. The molecule has 0 fully saturated rings. The fourth-order valence-corrected chi connectivity index (χ4v) is 3.19. The van der Waals surface area contributed by atoms with E-state index >= 15 is 0 Å². The lowest BCUT2D eigenvalue weighted by atomic mass is 10.1. The van der Waals surface area contributed by atoms with Gasteiger partial charge in [0.1, 0.15) is 10.8 Å². The second-order valence-electron chi connectivity index (χ2n) is 5.90. The van der Waals surface area contributed by atoms with Gasteiger partial charge in [-0.2, -0.15) is 0 Å². The topological polar surface area (TPSA) is 55.8 Å². The van der Waals surface area contributed by atoms with Crippen LogP contribution in [0.3, 0.4) is 0 Å². The molecule has 5 nitrogen and oxygen atoms in total. The molecule has 0 radical (unpaired) electrons. The Hall–Kier alpha value is -2.86. The molecule has 0 N–H and O–H groups in total. The third-order valence-corrected chi connectivity index (χ3v) is 4.67. The summed E-state index contributed by atoms with van der Waals surface area (Å²) >= 11 is 6.10. The van der Waals surface area contributed by atoms with E-state index in [0.29, 0.717) is 23.5 Å². The number of nitrogens with zero attached hydrogens (tertiary/aromatic N) is 1. The third kappa shape index (κ3) is 3.66. The molecule has 2 aromatic rings. The highest BCUT2D eigenvalue weighted by atomic mass is 35.5. The highest BCUT2D eigenvalue weighted by Gasteiger charge is 2.37. The highest BCUT2D eigenvalue weighted by molar-refractivity contribution is 6.55. The Labute approximate surface area is 160 Å². The molecule has 1 aliphatic heterocycles. The van der Waals surface area contributed by atoms with Crippen LogP contribution in [0, 0.1) is 5.82 Å². The highest BCUT2D eigenvalue weighted by Crippen LogP contribution is 2.32. The molecule has 3 rings (SSSR count). The Balaban J connectivity index is 1.77. The average molecular weight is 390 g/mol. The van der Waals surface area contributed by atoms with Gasteiger partial charge in [0, 0.05) is 6.54 Å². The Kier molecular flexibility index (Phi) is 5.46. The number of imide groups is 1. The summed E-state index contributed by atoms with van der Waals surface area (Å²) in [6.45, 7) is 0.161. The maximum Gasteiger partial charge on any atom is 0.273 e. The van der Waals surface area contributed by atoms with Crippen molar-refractivity contribution < 1.29 is 23.5 Å². The Morgan fingerprint density at radius 2 is 1.63 bits per heavy atom. The van der Waals surface area contributed by atoms with E-state index in [0.717, 1.165) is 10.5 Å². The lowest BCUT2D eigenvalue weighted by Gasteiger charge is -2.15. The fraction of sp³-hybridized carbons (Fsp3) is 0.200. The van der Waals surface area contributed by atoms with Gasteiger partial charge < -0.3 is 9.47 Å². The van der Waals surface area contributed by atoms with Gasteiger partial charge in [0.05, 0.1) is 19.8 Å². The molecule has 0 saturated heterocycles. The van der Waals surface area contributed by atoms with E-state index in [1.165, 1.54) is 31.4 Å². The number of carbonyl (C=O) groups excluding carboxylic acids is 2. The minimum Gasteiger partial charge on any atom is -0.493 e. The number of benzene rings is 2. The van der Waals surface area contributed by atoms with Crippen molar-refractivity contribution in [3.63, 3.8) is 0 Å². The van der Waals surface area contributed by atoms with Gasteiger partial charge >= 0.3 is 0 Å². The Morgan fingerprint density at radius 3 is 2.26 bits per heavy atom. The summed E-state index contributed by atoms with van der Waals surface area (Å²) in [6.07, 6.45) is 0.429. The van der Waals surface area contributed by atoms with E-state index in [1.807, 2.05) is 6.07 Å². The molecule has 0 atom stereocenters. The second kappa shape index (κ2) is 7.80. The zero-order valence-corrected chi connectivity index (χ0v) is 15.5. The molecule has 2 aromatic carbocycles. The summed E-state index contributed by atoms with van der Waals surface area (Å²) in [4.78, 5) is 26.2. The summed E-state index contributed by atoms with van der Waals surface area (Å²) in [5.74, 6) is -0.314. The number of rotatable bonds is 6. The van der Waals surface area contributed by atoms with Crippen molar-refractivity contribution in [3.8, 4) is 11.5 Å². The van der Waals surface area contributed by atoms with Gasteiger partial charge in [-0.3, -0.25) is 14.5 Å². The van der Waals surface area contributed by atoms with Gasteiger partial charge in [-0.25, -0.2) is 4.39 Å². The van der Waals surface area contributed by atoms with Gasteiger partial charge in [-0.05, 0) is 41.8 Å². The molecular weight excluding hydrogens is 373 g/mol. The van der Waals surface area contributed by atoms with Gasteiger partial charge in [0.2, 0.25) is 0 Å². The summed E-state index contributed by atoms with van der Waals surface area (Å²) < 4.78 is 23.6. The van der Waals surface area contributed by atoms with Crippen molar-refractivity contribution in [3.05, 3.63) is 64.4 Å². The van der Waals surface area contributed by atoms with Crippen molar-refractivity contribution >= 4 is 29.0 Å². The summed E-state index contributed by atoms with van der Waals surface area (Å²) in [6, 6.07) is 10.7. The fourth-order valence-electron chi connectivity index (χ4n) is 2.89. The standard InChI is InChI=1S/C20H17ClFNO4/c1-26-15-8-3-12(11-16(15)27-2)9-10-23-19(24)17(18(21)20(23)25)13-4-6-14(22)7-5-13/h3-8,11H,9-10H2,1-2H3. The van der Waals surface area contributed by atoms with Gasteiger partial charge in [-0.15, -0.1) is 0 Å². The summed E-state index contributed by atoms with van der Waals surface area (Å²) in [5.41, 5.74) is 1.38. The summed E-state index contributed by atoms with van der Waals surface area (Å²) in [5, 5.41) is -0.154. The van der Waals surface area contributed by atoms with Crippen molar-refractivity contribution in [1.29, 1.82) is 0 Å². The van der Waals surface area contributed by atoms with E-state index in [-0.39, 0.29) is 17.2 Å². The van der Waals surface area contributed by atoms with Crippen LogP contribution in [-0.2, 0) is 16.0 Å². The van der Waals surface area contributed by atoms with E-state index in [1.54, 1.807) is 19.2 Å². The maximum atomic E-state index is 13.1. The van der Waals surface area contributed by atoms with Crippen LogP contribution in [0.15, 0.2) is 47.5 Å². The summed E-state index contributed by atoms with van der Waals surface area (Å²) in [7, 11) is 3.08. The van der Waals surface area contributed by atoms with Crippen LogP contribution in [0.1, 0.15) is 11.1 Å². The van der Waals surface area contributed by atoms with Gasteiger partial charge in [-0.1, -0.05) is 29.8 Å². The van der Waals surface area contributed by atoms with Crippen molar-refractivity contribution in [1.82, 2.24) is 4.90 Å². The van der Waals surface area contributed by atoms with Crippen LogP contribution in [-0.4, -0.2) is 37.5 Å². The first kappa shape index (κ1) is 18.9. The molecule has 27 heavy (non-hydrogen) atoms. The zero-order chi connectivity index (χ0) is 19.6. The van der Waals surface area contributed by atoms with E-state index < -0.39 is 17.6 Å². The number of methoxy groups -OCH3 is 2. The van der Waals surface area contributed by atoms with Crippen LogP contribution >= 0.6 is 11.6 Å². The molecule has 0 spiro atoms. The van der Waals surface area contributed by atoms with Crippen molar-refractivity contribution in [2.45, 2.75) is 6.42 Å². The predicted molar refractivity (Wildman–Crippen MR) is 99.1 cm³/mol. The normalized spacial score (nSPS) is 14.1. The number of hydrogen-bond acceptors (Lipinski definition) is 4. The van der Waals surface area contributed by atoms with Gasteiger partial charge in [0.25, 0.3) is 11.8 Å². The Morgan fingerprint density at radius 1 is 0.963 bits per heavy atom. The smallest absolute Gasteiger partial charge is 0.273 e. The lowest BCUT2D eigenvalue weighted by molar-refractivity contribution is -0.136. The minimum atomic E-state index is -0.554. The lowest BCUT2D eigenvalue weighted by Crippen LogP contribution is -2.33. The van der Waals surface area contributed by atoms with E-state index in [2.05, 4.69) is 0 Å². The molecule has 0 aromatic heterocycles. The number of halogens is 2.